The number of benzene rings is 2. The van der Waals surface area contributed by atoms with Crippen molar-refractivity contribution >= 4 is 29.0 Å². The van der Waals surface area contributed by atoms with Crippen LogP contribution in [0.2, 0.25) is 0 Å². The maximum Gasteiger partial charge on any atom is 0.230 e. The Morgan fingerprint density at radius 1 is 1.09 bits per heavy atom. The van der Waals surface area contributed by atoms with E-state index in [1.54, 1.807) is 25.6 Å². The molecule has 0 atom stereocenters. The third-order valence-corrected chi connectivity index (χ3v) is 7.16. The topological polar surface area (TPSA) is 84.2 Å². The summed E-state index contributed by atoms with van der Waals surface area (Å²) < 4.78 is 10.6. The van der Waals surface area contributed by atoms with Gasteiger partial charge in [-0.3, -0.25) is 4.79 Å². The van der Waals surface area contributed by atoms with Crippen molar-refractivity contribution in [2.45, 2.75) is 11.6 Å². The average molecular weight is 502 g/mol. The zero-order chi connectivity index (χ0) is 24.6. The minimum atomic E-state index is -0.154. The molecule has 2 aromatic carbocycles. The number of thioether (sulfide) groups is 1. The van der Waals surface area contributed by atoms with Gasteiger partial charge in [0.05, 0.1) is 31.2 Å². The highest BCUT2D eigenvalue weighted by Gasteiger charge is 2.18. The second kappa shape index (κ2) is 11.6. The number of nitrogens with zero attached hydrogens (tertiary/aromatic N) is 2. The summed E-state index contributed by atoms with van der Waals surface area (Å²) in [6, 6.07) is 23.3. The lowest BCUT2D eigenvalue weighted by Gasteiger charge is -2.12. The Bertz CT molecular complexity index is 1350. The summed E-state index contributed by atoms with van der Waals surface area (Å²) in [5.74, 6) is 1.45. The summed E-state index contributed by atoms with van der Waals surface area (Å²) in [6.07, 6.45) is 0. The van der Waals surface area contributed by atoms with Gasteiger partial charge in [0.15, 0.2) is 0 Å². The number of thiophene rings is 1. The molecule has 0 saturated heterocycles. The maximum absolute atomic E-state index is 12.6. The summed E-state index contributed by atoms with van der Waals surface area (Å²) in [6.45, 7) is 0.355. The van der Waals surface area contributed by atoms with Gasteiger partial charge in [0.1, 0.15) is 22.6 Å². The number of carbonyl (C=O) groups is 1. The Morgan fingerprint density at radius 3 is 2.57 bits per heavy atom. The van der Waals surface area contributed by atoms with Crippen LogP contribution in [0.25, 0.3) is 21.7 Å². The van der Waals surface area contributed by atoms with Gasteiger partial charge in [0.2, 0.25) is 5.91 Å². The quantitative estimate of drug-likeness (QED) is 0.293. The Kier molecular flexibility index (Phi) is 8.03. The van der Waals surface area contributed by atoms with Crippen LogP contribution in [0.4, 0.5) is 0 Å². The standard InChI is InChI=1S/C27H23N3O3S2/c1-32-20-11-9-18(10-12-20)23-14-21(25-8-5-13-34-25)22(15-28)27(30-23)35-17-26(31)29-16-19-6-3-4-7-24(19)33-2/h3-14H,16-17H2,1-2H3,(H,29,31). The van der Waals surface area contributed by atoms with Gasteiger partial charge in [0, 0.05) is 28.1 Å². The second-order valence-electron chi connectivity index (χ2n) is 7.43. The molecule has 2 heterocycles. The summed E-state index contributed by atoms with van der Waals surface area (Å²) >= 11 is 2.81. The summed E-state index contributed by atoms with van der Waals surface area (Å²) in [5, 5.41) is 15.4. The first-order valence-electron chi connectivity index (χ1n) is 10.8. The first-order chi connectivity index (χ1) is 17.1. The maximum atomic E-state index is 12.6. The van der Waals surface area contributed by atoms with Crippen LogP contribution in [-0.2, 0) is 11.3 Å². The highest BCUT2D eigenvalue weighted by molar-refractivity contribution is 8.00. The van der Waals surface area contributed by atoms with Gasteiger partial charge in [-0.05, 0) is 47.8 Å². The van der Waals surface area contributed by atoms with Crippen LogP contribution in [0.3, 0.4) is 0 Å². The van der Waals surface area contributed by atoms with Crippen LogP contribution in [0.5, 0.6) is 11.5 Å². The smallest absolute Gasteiger partial charge is 0.230 e. The number of carbonyl (C=O) groups excluding carboxylic acids is 1. The monoisotopic (exact) mass is 501 g/mol. The van der Waals surface area contributed by atoms with Crippen molar-refractivity contribution in [2.24, 2.45) is 0 Å². The van der Waals surface area contributed by atoms with Gasteiger partial charge < -0.3 is 14.8 Å². The van der Waals surface area contributed by atoms with Crippen LogP contribution in [-0.4, -0.2) is 30.9 Å². The van der Waals surface area contributed by atoms with E-state index in [0.29, 0.717) is 17.1 Å². The molecule has 0 radical (unpaired) electrons. The molecule has 0 saturated carbocycles. The van der Waals surface area contributed by atoms with Crippen LogP contribution >= 0.6 is 23.1 Å². The predicted octanol–water partition coefficient (Wildman–Crippen LogP) is 5.77. The zero-order valence-corrected chi connectivity index (χ0v) is 20.9. The molecular formula is C27H23N3O3S2. The van der Waals surface area contributed by atoms with Gasteiger partial charge >= 0.3 is 0 Å². The lowest BCUT2D eigenvalue weighted by atomic mass is 10.0. The lowest BCUT2D eigenvalue weighted by molar-refractivity contribution is -0.118. The van der Waals surface area contributed by atoms with Crippen LogP contribution < -0.4 is 14.8 Å². The molecule has 0 unspecified atom stereocenters. The number of aromatic nitrogens is 1. The summed E-state index contributed by atoms with van der Waals surface area (Å²) in [4.78, 5) is 18.4. The molecule has 0 fully saturated rings. The van der Waals surface area contributed by atoms with E-state index in [0.717, 1.165) is 38.8 Å². The van der Waals surface area contributed by atoms with Crippen LogP contribution in [0.1, 0.15) is 11.1 Å². The van der Waals surface area contributed by atoms with Crippen molar-refractivity contribution in [3.05, 3.63) is 83.2 Å². The summed E-state index contributed by atoms with van der Waals surface area (Å²) in [5.41, 5.74) is 3.79. The largest absolute Gasteiger partial charge is 0.497 e. The molecule has 0 bridgehead atoms. The number of rotatable bonds is 9. The molecule has 1 amide bonds. The van der Waals surface area contributed by atoms with Gasteiger partial charge in [-0.1, -0.05) is 36.0 Å². The van der Waals surface area contributed by atoms with Gasteiger partial charge in [-0.15, -0.1) is 11.3 Å². The van der Waals surface area contributed by atoms with E-state index in [-0.39, 0.29) is 11.7 Å². The van der Waals surface area contributed by atoms with Crippen molar-refractivity contribution in [1.29, 1.82) is 5.26 Å². The number of amides is 1. The Labute approximate surface area is 212 Å². The van der Waals surface area contributed by atoms with Gasteiger partial charge in [-0.2, -0.15) is 5.26 Å². The predicted molar refractivity (Wildman–Crippen MR) is 140 cm³/mol. The fraction of sp³-hybridized carbons (Fsp3) is 0.148. The van der Waals surface area contributed by atoms with E-state index < -0.39 is 0 Å². The first kappa shape index (κ1) is 24.3. The normalized spacial score (nSPS) is 10.4. The van der Waals surface area contributed by atoms with E-state index in [1.165, 1.54) is 11.8 Å². The molecule has 2 aromatic heterocycles. The van der Waals surface area contributed by atoms with E-state index in [1.807, 2.05) is 72.1 Å². The minimum absolute atomic E-state index is 0.132. The molecule has 0 aliphatic carbocycles. The van der Waals surface area contributed by atoms with E-state index >= 15 is 0 Å². The Hall–Kier alpha value is -3.80. The number of para-hydroxylation sites is 1. The van der Waals surface area contributed by atoms with E-state index in [4.69, 9.17) is 14.5 Å². The highest BCUT2D eigenvalue weighted by atomic mass is 32.2. The number of nitrogens with one attached hydrogen (secondary N) is 1. The molecule has 176 valence electrons. The third-order valence-electron chi connectivity index (χ3n) is 5.28. The number of hydrogen-bond acceptors (Lipinski definition) is 7. The van der Waals surface area contributed by atoms with Crippen LogP contribution in [0, 0.1) is 11.3 Å². The first-order valence-corrected chi connectivity index (χ1v) is 12.6. The number of pyridine rings is 1. The minimum Gasteiger partial charge on any atom is -0.497 e. The average Bonchev–Trinajstić information content (AvgIpc) is 3.45. The molecule has 35 heavy (non-hydrogen) atoms. The molecule has 4 rings (SSSR count). The van der Waals surface area contributed by atoms with Crippen molar-refractivity contribution in [3.63, 3.8) is 0 Å². The molecule has 8 heteroatoms. The third kappa shape index (κ3) is 5.83. The Balaban J connectivity index is 1.58. The molecule has 1 N–H and O–H groups in total. The van der Waals surface area contributed by atoms with Crippen molar-refractivity contribution in [3.8, 4) is 39.3 Å². The number of nitriles is 1. The van der Waals surface area contributed by atoms with Gasteiger partial charge in [0.25, 0.3) is 0 Å². The zero-order valence-electron chi connectivity index (χ0n) is 19.3. The van der Waals surface area contributed by atoms with Crippen LogP contribution in [0.15, 0.2) is 77.1 Å². The SMILES string of the molecule is COc1ccc(-c2cc(-c3cccs3)c(C#N)c(SCC(=O)NCc3ccccc3OC)n2)cc1. The van der Waals surface area contributed by atoms with Crippen molar-refractivity contribution in [2.75, 3.05) is 20.0 Å². The molecular weight excluding hydrogens is 478 g/mol. The van der Waals surface area contributed by atoms with E-state index in [2.05, 4.69) is 11.4 Å². The molecule has 4 aromatic rings. The number of hydrogen-bond donors (Lipinski definition) is 1. The molecule has 6 nitrogen and oxygen atoms in total. The highest BCUT2D eigenvalue weighted by Crippen LogP contribution is 2.36. The van der Waals surface area contributed by atoms with Gasteiger partial charge in [-0.25, -0.2) is 4.98 Å². The Morgan fingerprint density at radius 2 is 1.89 bits per heavy atom. The van der Waals surface area contributed by atoms with Crippen molar-refractivity contribution < 1.29 is 14.3 Å². The lowest BCUT2D eigenvalue weighted by Crippen LogP contribution is -2.24. The molecule has 0 aliphatic heterocycles. The van der Waals surface area contributed by atoms with Crippen molar-refractivity contribution in [1.82, 2.24) is 10.3 Å². The summed E-state index contributed by atoms with van der Waals surface area (Å²) in [7, 11) is 3.23. The number of methoxy groups -OCH3 is 2. The molecule has 0 spiro atoms. The number of ether oxygens (including phenoxy) is 2. The molecule has 0 aliphatic rings. The second-order valence-corrected chi connectivity index (χ2v) is 9.34. The fourth-order valence-electron chi connectivity index (χ4n) is 3.50. The van der Waals surface area contributed by atoms with E-state index in [9.17, 15) is 10.1 Å². The fourth-order valence-corrected chi connectivity index (χ4v) is 5.08.